The minimum Gasteiger partial charge on any atom is -0.382 e. The molecule has 3 fully saturated rings. The highest BCUT2D eigenvalue weighted by atomic mass is 32.2. The van der Waals surface area contributed by atoms with Gasteiger partial charge in [0.1, 0.15) is 50.9 Å². The topological polar surface area (TPSA) is 372 Å². The Hall–Kier alpha value is -9.32. The number of benzene rings is 4. The summed E-state index contributed by atoms with van der Waals surface area (Å²) < 4.78 is 29.4. The molecule has 0 unspecified atom stereocenters. The van der Waals surface area contributed by atoms with Crippen LogP contribution in [0.25, 0.3) is 87.6 Å². The molecule has 37 heteroatoms. The van der Waals surface area contributed by atoms with Crippen molar-refractivity contribution in [2.45, 2.75) is 195 Å². The normalized spacial score (nSPS) is 14.1. The second-order valence-electron chi connectivity index (χ2n) is 39.2. The number of rotatable bonds is 55. The summed E-state index contributed by atoms with van der Waals surface area (Å²) in [5, 5.41) is 11.0. The molecule has 0 atom stereocenters. The molecule has 15 rings (SSSR count). The van der Waals surface area contributed by atoms with Crippen molar-refractivity contribution in [1.82, 2.24) is 88.2 Å². The average molecular weight is 2100 g/mol. The first kappa shape index (κ1) is 116. The van der Waals surface area contributed by atoms with Gasteiger partial charge in [0.2, 0.25) is 0 Å². The largest absolute Gasteiger partial charge is 0.382 e. The third-order valence-corrected chi connectivity index (χ3v) is 30.6. The zero-order chi connectivity index (χ0) is 105. The molecular formula is C110H167N25O8S4. The Kier molecular flexibility index (Phi) is 48.5. The van der Waals surface area contributed by atoms with Gasteiger partial charge in [0.05, 0.1) is 86.0 Å². The number of nitrogens with one attached hydrogen (secondary N) is 1. The number of nitrogen functional groups attached to an aromatic ring is 4. The summed E-state index contributed by atoms with van der Waals surface area (Å²) in [5.41, 5.74) is 40.7. The SMILES string of the molecule is CCCCc1nc2c(N)nc3ccc(N4CCN(C)CC4)cc3c2n1CCCCN(C)CCOCCC(=O)SC.CCCCc1nc2c(N)nc3ccc(N4CCN(CCOCCC(=O)SC)CC4)cc3c2n1CCCCN(C)C.CCCCc1nc2c([nH]1)c(N)nc1cccc(CCCCCN(C)CCOCCC(=O)SC)c12.CCCCn1cc2c(n1)c(N)nc1cc(N3CCN(CCOCCC(=O)SC)CC3)ccc12. The van der Waals surface area contributed by atoms with E-state index >= 15 is 0 Å². The fraction of sp³-hybridized carbons (Fsp3) is 0.600. The number of aryl methyl sites for hydroxylation is 7. The number of imidazole rings is 3. The number of nitrogens with two attached hydrogens (primary N) is 4. The summed E-state index contributed by atoms with van der Waals surface area (Å²) in [6, 6.07) is 26.0. The van der Waals surface area contributed by atoms with E-state index in [1.165, 1.54) is 69.7 Å². The molecule has 3 aliphatic rings. The number of hydrogen-bond acceptors (Lipinski definition) is 33. The van der Waals surface area contributed by atoms with Crippen LogP contribution in [0.5, 0.6) is 0 Å². The number of anilines is 7. The third kappa shape index (κ3) is 34.6. The van der Waals surface area contributed by atoms with Gasteiger partial charge in [0.25, 0.3) is 0 Å². The van der Waals surface area contributed by atoms with E-state index < -0.39 is 0 Å². The molecule has 11 heterocycles. The minimum atomic E-state index is 0.180. The fourth-order valence-electron chi connectivity index (χ4n) is 19.1. The first-order valence-corrected chi connectivity index (χ1v) is 58.6. The number of carbonyl (C=O) groups is 4. The number of thioether (sulfide) groups is 4. The highest BCUT2D eigenvalue weighted by Gasteiger charge is 2.27. The molecule has 12 aromatic rings. The highest BCUT2D eigenvalue weighted by Crippen LogP contribution is 2.38. The molecule has 0 spiro atoms. The third-order valence-electron chi connectivity index (χ3n) is 28.0. The second-order valence-corrected chi connectivity index (χ2v) is 42.7. The Labute approximate surface area is 888 Å². The Morgan fingerprint density at radius 3 is 1.31 bits per heavy atom. The zero-order valence-electron chi connectivity index (χ0n) is 90.1. The smallest absolute Gasteiger partial charge is 0.190 e. The molecular weight excluding hydrogens is 1930 g/mol. The summed E-state index contributed by atoms with van der Waals surface area (Å²) in [5.74, 6) is 5.30. The number of pyridine rings is 4. The number of carbonyl (C=O) groups excluding carboxylic acids is 4. The molecule has 3 aliphatic heterocycles. The molecule has 8 aromatic heterocycles. The van der Waals surface area contributed by atoms with Crippen LogP contribution in [0.2, 0.25) is 0 Å². The molecule has 147 heavy (non-hydrogen) atoms. The van der Waals surface area contributed by atoms with Gasteiger partial charge < -0.3 is 90.3 Å². The van der Waals surface area contributed by atoms with Gasteiger partial charge in [-0.2, -0.15) is 5.10 Å². The Balaban J connectivity index is 0.000000175. The molecule has 804 valence electrons. The van der Waals surface area contributed by atoms with E-state index in [4.69, 9.17) is 66.8 Å². The van der Waals surface area contributed by atoms with Crippen LogP contribution in [0.3, 0.4) is 0 Å². The number of aromatic nitrogens is 12. The molecule has 0 aliphatic carbocycles. The number of aromatic amines is 1. The van der Waals surface area contributed by atoms with E-state index in [1.54, 1.807) is 0 Å². The quantitative estimate of drug-likeness (QED) is 0.0221. The van der Waals surface area contributed by atoms with Crippen LogP contribution in [-0.2, 0) is 83.4 Å². The van der Waals surface area contributed by atoms with Crippen LogP contribution < -0.4 is 37.6 Å². The van der Waals surface area contributed by atoms with Gasteiger partial charge in [0, 0.05) is 219 Å². The van der Waals surface area contributed by atoms with E-state index in [-0.39, 0.29) is 20.5 Å². The lowest BCUT2D eigenvalue weighted by Crippen LogP contribution is -2.47. The maximum atomic E-state index is 11.4. The van der Waals surface area contributed by atoms with Crippen molar-refractivity contribution < 1.29 is 38.1 Å². The number of unbranched alkanes of at least 4 members (excludes halogenated alkanes) is 8. The van der Waals surface area contributed by atoms with E-state index in [0.29, 0.717) is 102 Å². The van der Waals surface area contributed by atoms with Crippen LogP contribution in [0.4, 0.5) is 40.3 Å². The maximum absolute atomic E-state index is 11.4. The van der Waals surface area contributed by atoms with Gasteiger partial charge in [-0.1, -0.05) is 125 Å². The molecule has 0 bridgehead atoms. The maximum Gasteiger partial charge on any atom is 0.190 e. The zero-order valence-corrected chi connectivity index (χ0v) is 93.4. The van der Waals surface area contributed by atoms with Crippen molar-refractivity contribution in [3.05, 3.63) is 102 Å². The van der Waals surface area contributed by atoms with Crippen LogP contribution >= 0.6 is 47.0 Å². The number of hydrogen-bond donors (Lipinski definition) is 5. The summed E-state index contributed by atoms with van der Waals surface area (Å²) in [6.45, 7) is 35.0. The number of ether oxygens (including phenoxy) is 4. The van der Waals surface area contributed by atoms with Crippen molar-refractivity contribution in [3.8, 4) is 0 Å². The molecule has 0 saturated carbocycles. The van der Waals surface area contributed by atoms with Crippen LogP contribution in [0.1, 0.15) is 173 Å². The van der Waals surface area contributed by atoms with Gasteiger partial charge in [-0.3, -0.25) is 33.7 Å². The van der Waals surface area contributed by atoms with Crippen molar-refractivity contribution >= 4 is 195 Å². The highest BCUT2D eigenvalue weighted by molar-refractivity contribution is 8.13. The molecule has 9 N–H and O–H groups in total. The van der Waals surface area contributed by atoms with E-state index in [1.807, 2.05) is 35.8 Å². The lowest BCUT2D eigenvalue weighted by atomic mass is 10.0. The predicted molar refractivity (Wildman–Crippen MR) is 617 cm³/mol. The van der Waals surface area contributed by atoms with Crippen molar-refractivity contribution in [1.29, 1.82) is 0 Å². The van der Waals surface area contributed by atoms with Crippen molar-refractivity contribution in [3.63, 3.8) is 0 Å². The van der Waals surface area contributed by atoms with Crippen LogP contribution in [0.15, 0.2) is 79.0 Å². The molecule has 3 saturated heterocycles. The Morgan fingerprint density at radius 1 is 0.381 bits per heavy atom. The van der Waals surface area contributed by atoms with E-state index in [9.17, 15) is 19.2 Å². The molecule has 4 aromatic carbocycles. The van der Waals surface area contributed by atoms with E-state index in [0.717, 1.165) is 371 Å². The van der Waals surface area contributed by atoms with Gasteiger partial charge in [-0.05, 0) is 211 Å². The van der Waals surface area contributed by atoms with Crippen molar-refractivity contribution in [2.75, 3.05) is 275 Å². The number of fused-ring (bicyclic) bond motifs is 12. The van der Waals surface area contributed by atoms with Gasteiger partial charge >= 0.3 is 0 Å². The predicted octanol–water partition coefficient (Wildman–Crippen LogP) is 16.9. The van der Waals surface area contributed by atoms with Gasteiger partial charge in [-0.15, -0.1) is 0 Å². The molecule has 0 amide bonds. The Bertz CT molecular complexity index is 6130. The lowest BCUT2D eigenvalue weighted by molar-refractivity contribution is -0.112. The standard InChI is InChI=1S/2C30H47N7O2S.C26H39N5O2S.C24H34N6O2S/c1-5-6-9-26-33-28-29(37(26)14-8-7-13-34(2)19-21-39-20-12-27(38)40-4)24-22-23(10-11-25(24)32-30(28)31)36-17-15-35(3)16-18-36;1-5-6-9-26-33-28-29(37(26)14-8-7-13-34(2)3)24-22-23(10-11-25(24)32-30(28)31)36-17-15-35(16-18-36)19-21-39-20-12-27(38)40-4;1-4-5-13-21-29-24-23-19(11-9-12-20(23)28-26(27)25(24)30-21)10-7-6-8-15-31(2)16-18-33-17-14-22(32)34-3;1-3-4-8-30-17-20-19-6-5-18(16-21(19)26-24(25)23(20)27-30)29-11-9-28(10-12-29)13-15-32-14-7-22(31)33-2/h2*10-11,22H,5-9,12-21H2,1-4H3,(H2,31,32);9,11-12H,4-8,10,13-18H2,1-3H3,(H2,27,28)(H,29,30);5-6,16-17H,3-4,7-15H2,1-2H3,(H2,25,26). The van der Waals surface area contributed by atoms with Gasteiger partial charge in [-0.25, -0.2) is 34.9 Å². The summed E-state index contributed by atoms with van der Waals surface area (Å²) >= 11 is 5.06. The van der Waals surface area contributed by atoms with Crippen molar-refractivity contribution in [2.24, 2.45) is 0 Å². The lowest BCUT2D eigenvalue weighted by Gasteiger charge is -2.36. The Morgan fingerprint density at radius 2 is 0.823 bits per heavy atom. The summed E-state index contributed by atoms with van der Waals surface area (Å²) in [4.78, 5) is 104. The number of piperazine rings is 3. The van der Waals surface area contributed by atoms with Gasteiger partial charge in [0.15, 0.2) is 37.9 Å². The van der Waals surface area contributed by atoms with Crippen LogP contribution in [-0.4, -0.2) is 346 Å². The number of likely N-dealkylation sites (N-methyl/N-ethyl adjacent to an activating group) is 3. The monoisotopic (exact) mass is 2090 g/mol. The minimum absolute atomic E-state index is 0.180. The van der Waals surface area contributed by atoms with E-state index in [2.05, 4.69) is 209 Å². The fourth-order valence-corrected chi connectivity index (χ4v) is 20.3. The number of nitrogens with zero attached hydrogens (tertiary/aromatic N) is 20. The average Bonchev–Trinajstić information content (AvgIpc) is 1.61. The molecule has 0 radical (unpaired) electrons. The first-order valence-electron chi connectivity index (χ1n) is 53.7. The number of H-pyrrole nitrogens is 1. The van der Waals surface area contributed by atoms with Crippen LogP contribution in [0, 0.1) is 0 Å². The summed E-state index contributed by atoms with van der Waals surface area (Å²) in [6.07, 6.45) is 31.9. The summed E-state index contributed by atoms with van der Waals surface area (Å²) in [7, 11) is 10.7. The first-order chi connectivity index (χ1) is 71.4. The second kappa shape index (κ2) is 61.3. The molecule has 33 nitrogen and oxygen atoms in total.